The van der Waals surface area contributed by atoms with E-state index in [1.165, 1.54) is 18.5 Å². The Bertz CT molecular complexity index is 572. The first kappa shape index (κ1) is 21.1. The fourth-order valence-corrected chi connectivity index (χ4v) is 3.15. The van der Waals surface area contributed by atoms with Crippen molar-refractivity contribution in [2.24, 2.45) is 10.9 Å². The van der Waals surface area contributed by atoms with Gasteiger partial charge in [0.15, 0.2) is 5.96 Å². The number of hydrogen-bond donors (Lipinski definition) is 1. The molecule has 0 atom stereocenters. The number of rotatable bonds is 7. The lowest BCUT2D eigenvalue weighted by atomic mass is 10.2. The summed E-state index contributed by atoms with van der Waals surface area (Å²) in [5.74, 6) is 2.73. The third-order valence-electron chi connectivity index (χ3n) is 4.80. The molecule has 146 valence electrons. The third kappa shape index (κ3) is 5.90. The Kier molecular flexibility index (Phi) is 8.77. The molecular formula is C19H31IN4O2. The summed E-state index contributed by atoms with van der Waals surface area (Å²) in [7, 11) is 3.58. The molecule has 1 N–H and O–H groups in total. The Labute approximate surface area is 173 Å². The summed E-state index contributed by atoms with van der Waals surface area (Å²) in [5.41, 5.74) is 1.17. The molecule has 2 aliphatic rings. The van der Waals surface area contributed by atoms with Gasteiger partial charge in [0, 0.05) is 46.4 Å². The van der Waals surface area contributed by atoms with Crippen LogP contribution in [0.3, 0.4) is 0 Å². The van der Waals surface area contributed by atoms with Crippen LogP contribution in [0.4, 0.5) is 5.69 Å². The van der Waals surface area contributed by atoms with Crippen LogP contribution in [0.15, 0.2) is 29.3 Å². The molecule has 1 aromatic carbocycles. The van der Waals surface area contributed by atoms with E-state index in [1.54, 1.807) is 7.11 Å². The zero-order valence-electron chi connectivity index (χ0n) is 15.8. The summed E-state index contributed by atoms with van der Waals surface area (Å²) in [6.45, 7) is 6.28. The quantitative estimate of drug-likeness (QED) is 0.285. The van der Waals surface area contributed by atoms with E-state index in [0.717, 1.165) is 63.6 Å². The second-order valence-electron chi connectivity index (χ2n) is 6.64. The average molecular weight is 474 g/mol. The molecule has 1 aromatic rings. The van der Waals surface area contributed by atoms with Crippen LogP contribution in [0, 0.1) is 5.92 Å². The van der Waals surface area contributed by atoms with Gasteiger partial charge in [0.2, 0.25) is 0 Å². The maximum absolute atomic E-state index is 5.68. The zero-order valence-corrected chi connectivity index (χ0v) is 18.1. The molecule has 0 bridgehead atoms. The molecule has 0 unspecified atom stereocenters. The fraction of sp³-hybridized carbons (Fsp3) is 0.632. The van der Waals surface area contributed by atoms with E-state index in [-0.39, 0.29) is 24.0 Å². The molecule has 0 radical (unpaired) electrons. The highest BCUT2D eigenvalue weighted by atomic mass is 127. The first-order valence-corrected chi connectivity index (χ1v) is 9.23. The summed E-state index contributed by atoms with van der Waals surface area (Å²) >= 11 is 0. The molecule has 1 saturated carbocycles. The summed E-state index contributed by atoms with van der Waals surface area (Å²) < 4.78 is 11.2. The Morgan fingerprint density at radius 3 is 2.58 bits per heavy atom. The largest absolute Gasteiger partial charge is 0.495 e. The van der Waals surface area contributed by atoms with E-state index < -0.39 is 0 Å². The van der Waals surface area contributed by atoms with Crippen molar-refractivity contribution in [3.63, 3.8) is 0 Å². The number of piperazine rings is 1. The van der Waals surface area contributed by atoms with Crippen LogP contribution in [0.5, 0.6) is 5.75 Å². The van der Waals surface area contributed by atoms with Gasteiger partial charge < -0.3 is 24.6 Å². The van der Waals surface area contributed by atoms with Gasteiger partial charge >= 0.3 is 0 Å². The van der Waals surface area contributed by atoms with Crippen molar-refractivity contribution in [3.8, 4) is 5.75 Å². The molecular weight excluding hydrogens is 443 g/mol. The molecule has 26 heavy (non-hydrogen) atoms. The summed E-state index contributed by atoms with van der Waals surface area (Å²) in [6, 6.07) is 8.21. The fourth-order valence-electron chi connectivity index (χ4n) is 3.15. The highest BCUT2D eigenvalue weighted by Gasteiger charge is 2.22. The average Bonchev–Trinajstić information content (AvgIpc) is 3.49. The van der Waals surface area contributed by atoms with Crippen LogP contribution in [-0.2, 0) is 4.74 Å². The summed E-state index contributed by atoms with van der Waals surface area (Å²) in [6.07, 6.45) is 2.68. The molecule has 2 fully saturated rings. The van der Waals surface area contributed by atoms with Gasteiger partial charge in [0.05, 0.1) is 19.4 Å². The van der Waals surface area contributed by atoms with E-state index in [0.29, 0.717) is 0 Å². The van der Waals surface area contributed by atoms with Crippen molar-refractivity contribution in [3.05, 3.63) is 24.3 Å². The number of hydrogen-bond acceptors (Lipinski definition) is 4. The Morgan fingerprint density at radius 2 is 1.92 bits per heavy atom. The van der Waals surface area contributed by atoms with Gasteiger partial charge in [-0.25, -0.2) is 0 Å². The standard InChI is InChI=1S/C19H30N4O2.HI/c1-20-19(21-9-14-25-15-16-7-8-16)23-12-10-22(11-13-23)17-5-3-4-6-18(17)24-2;/h3-6,16H,7-15H2,1-2H3,(H,20,21);1H. The van der Waals surface area contributed by atoms with Crippen molar-refractivity contribution in [1.29, 1.82) is 0 Å². The zero-order chi connectivity index (χ0) is 17.5. The smallest absolute Gasteiger partial charge is 0.193 e. The molecule has 7 heteroatoms. The second-order valence-corrected chi connectivity index (χ2v) is 6.64. The minimum Gasteiger partial charge on any atom is -0.495 e. The number of aliphatic imine (C=N–C) groups is 1. The number of methoxy groups -OCH3 is 1. The van der Waals surface area contributed by atoms with Crippen molar-refractivity contribution in [2.75, 3.05) is 65.0 Å². The molecule has 6 nitrogen and oxygen atoms in total. The monoisotopic (exact) mass is 474 g/mol. The second kappa shape index (κ2) is 10.8. The number of nitrogens with zero attached hydrogens (tertiary/aromatic N) is 3. The molecule has 3 rings (SSSR count). The summed E-state index contributed by atoms with van der Waals surface area (Å²) in [4.78, 5) is 9.11. The van der Waals surface area contributed by atoms with Crippen LogP contribution in [-0.4, -0.2) is 71.0 Å². The van der Waals surface area contributed by atoms with E-state index in [9.17, 15) is 0 Å². The Hall–Kier alpha value is -1.22. The number of halogens is 1. The van der Waals surface area contributed by atoms with E-state index >= 15 is 0 Å². The van der Waals surface area contributed by atoms with Gasteiger partial charge in [0.25, 0.3) is 0 Å². The molecule has 1 heterocycles. The van der Waals surface area contributed by atoms with Gasteiger partial charge in [-0.2, -0.15) is 0 Å². The first-order chi connectivity index (χ1) is 12.3. The lowest BCUT2D eigenvalue weighted by molar-refractivity contribution is 0.128. The van der Waals surface area contributed by atoms with Gasteiger partial charge in [-0.05, 0) is 30.9 Å². The summed E-state index contributed by atoms with van der Waals surface area (Å²) in [5, 5.41) is 3.42. The first-order valence-electron chi connectivity index (χ1n) is 9.23. The predicted molar refractivity (Wildman–Crippen MR) is 117 cm³/mol. The van der Waals surface area contributed by atoms with Gasteiger partial charge in [-0.1, -0.05) is 12.1 Å². The van der Waals surface area contributed by atoms with Gasteiger partial charge in [0.1, 0.15) is 5.75 Å². The Morgan fingerprint density at radius 1 is 1.19 bits per heavy atom. The Balaban J connectivity index is 0.00000243. The van der Waals surface area contributed by atoms with Crippen LogP contribution < -0.4 is 15.0 Å². The van der Waals surface area contributed by atoms with Crippen LogP contribution in [0.1, 0.15) is 12.8 Å². The SMILES string of the molecule is CN=C(NCCOCC1CC1)N1CCN(c2ccccc2OC)CC1.I. The van der Waals surface area contributed by atoms with E-state index in [1.807, 2.05) is 19.2 Å². The minimum atomic E-state index is 0. The van der Waals surface area contributed by atoms with Crippen LogP contribution in [0.25, 0.3) is 0 Å². The van der Waals surface area contributed by atoms with Crippen LogP contribution in [0.2, 0.25) is 0 Å². The van der Waals surface area contributed by atoms with E-state index in [4.69, 9.17) is 9.47 Å². The number of guanidine groups is 1. The third-order valence-corrected chi connectivity index (χ3v) is 4.80. The normalized spacial score (nSPS) is 17.7. The molecule has 1 aliphatic heterocycles. The van der Waals surface area contributed by atoms with Crippen molar-refractivity contribution >= 4 is 35.6 Å². The van der Waals surface area contributed by atoms with Crippen molar-refractivity contribution < 1.29 is 9.47 Å². The van der Waals surface area contributed by atoms with Crippen LogP contribution >= 0.6 is 24.0 Å². The molecule has 1 aliphatic carbocycles. The number of ether oxygens (including phenoxy) is 2. The van der Waals surface area contributed by atoms with E-state index in [2.05, 4.69) is 32.2 Å². The number of nitrogens with one attached hydrogen (secondary N) is 1. The highest BCUT2D eigenvalue weighted by molar-refractivity contribution is 14.0. The number of benzene rings is 1. The molecule has 1 saturated heterocycles. The lowest BCUT2D eigenvalue weighted by Crippen LogP contribution is -2.53. The van der Waals surface area contributed by atoms with Gasteiger partial charge in [-0.15, -0.1) is 24.0 Å². The number of anilines is 1. The maximum atomic E-state index is 5.68. The predicted octanol–water partition coefficient (Wildman–Crippen LogP) is 2.44. The van der Waals surface area contributed by atoms with Crippen molar-refractivity contribution in [1.82, 2.24) is 10.2 Å². The molecule has 0 amide bonds. The minimum absolute atomic E-state index is 0. The molecule has 0 aromatic heterocycles. The topological polar surface area (TPSA) is 49.3 Å². The van der Waals surface area contributed by atoms with Gasteiger partial charge in [-0.3, -0.25) is 4.99 Å². The number of para-hydroxylation sites is 2. The maximum Gasteiger partial charge on any atom is 0.193 e. The highest BCUT2D eigenvalue weighted by Crippen LogP contribution is 2.29. The molecule has 0 spiro atoms. The van der Waals surface area contributed by atoms with Crippen molar-refractivity contribution in [2.45, 2.75) is 12.8 Å². The lowest BCUT2D eigenvalue weighted by Gasteiger charge is -2.38.